The topological polar surface area (TPSA) is 88.5 Å². The largest absolute Gasteiger partial charge is 0.347 e. The number of aromatic amines is 1. The summed E-state index contributed by atoms with van der Waals surface area (Å²) >= 11 is 0. The highest BCUT2D eigenvalue weighted by molar-refractivity contribution is 5.93. The quantitative estimate of drug-likeness (QED) is 0.736. The van der Waals surface area contributed by atoms with E-state index in [2.05, 4.69) is 25.3 Å². The second-order valence-electron chi connectivity index (χ2n) is 4.09. The van der Waals surface area contributed by atoms with E-state index in [-0.39, 0.29) is 5.91 Å². The highest BCUT2D eigenvalue weighted by Crippen LogP contribution is 2.05. The average molecular weight is 268 g/mol. The summed E-state index contributed by atoms with van der Waals surface area (Å²) in [6, 6.07) is 3.49. The maximum absolute atomic E-state index is 11.9. The minimum atomic E-state index is -0.189. The van der Waals surface area contributed by atoms with E-state index in [9.17, 15) is 4.79 Å². The Balaban J connectivity index is 1.66. The molecule has 0 aliphatic heterocycles. The highest BCUT2D eigenvalue weighted by atomic mass is 16.1. The number of nitrogens with one attached hydrogen (secondary N) is 2. The molecule has 0 radical (unpaired) electrons. The van der Waals surface area contributed by atoms with E-state index in [0.717, 1.165) is 0 Å². The Labute approximate surface area is 114 Å². The van der Waals surface area contributed by atoms with Gasteiger partial charge in [-0.2, -0.15) is 0 Å². The van der Waals surface area contributed by atoms with Crippen molar-refractivity contribution in [1.29, 1.82) is 0 Å². The van der Waals surface area contributed by atoms with Crippen LogP contribution in [-0.4, -0.2) is 30.4 Å². The zero-order valence-corrected chi connectivity index (χ0v) is 10.5. The Morgan fingerprint density at radius 1 is 1.30 bits per heavy atom. The molecule has 0 bridgehead atoms. The first-order valence-electron chi connectivity index (χ1n) is 6.04. The zero-order valence-electron chi connectivity index (χ0n) is 10.5. The second kappa shape index (κ2) is 5.35. The van der Waals surface area contributed by atoms with Crippen LogP contribution in [0.5, 0.6) is 0 Å². The van der Waals surface area contributed by atoms with Crippen LogP contribution in [-0.2, 0) is 6.54 Å². The number of hydrogen-bond acceptors (Lipinski definition) is 4. The van der Waals surface area contributed by atoms with Crippen LogP contribution in [0.4, 0.5) is 0 Å². The number of pyridine rings is 1. The first kappa shape index (κ1) is 12.1. The lowest BCUT2D eigenvalue weighted by Gasteiger charge is -2.04. The van der Waals surface area contributed by atoms with Crippen molar-refractivity contribution >= 4 is 5.91 Å². The van der Waals surface area contributed by atoms with Crippen LogP contribution in [0.25, 0.3) is 5.82 Å². The number of nitrogens with zero attached hydrogens (tertiary/aromatic N) is 4. The van der Waals surface area contributed by atoms with Gasteiger partial charge in [-0.3, -0.25) is 9.36 Å². The van der Waals surface area contributed by atoms with Crippen LogP contribution >= 0.6 is 0 Å². The molecule has 100 valence electrons. The molecule has 0 saturated heterocycles. The molecule has 3 heterocycles. The number of rotatable bonds is 4. The molecule has 0 aliphatic carbocycles. The van der Waals surface area contributed by atoms with Gasteiger partial charge in [0.25, 0.3) is 5.91 Å². The molecule has 3 rings (SSSR count). The summed E-state index contributed by atoms with van der Waals surface area (Å²) in [6.07, 6.45) is 10.0. The number of amides is 1. The van der Waals surface area contributed by atoms with E-state index in [4.69, 9.17) is 0 Å². The van der Waals surface area contributed by atoms with Crippen molar-refractivity contribution < 1.29 is 4.79 Å². The van der Waals surface area contributed by atoms with Gasteiger partial charge >= 0.3 is 0 Å². The van der Waals surface area contributed by atoms with Gasteiger partial charge in [-0.25, -0.2) is 15.0 Å². The Hall–Kier alpha value is -2.96. The molecule has 0 aliphatic rings. The fourth-order valence-corrected chi connectivity index (χ4v) is 1.73. The predicted octanol–water partition coefficient (Wildman–Crippen LogP) is 0.920. The van der Waals surface area contributed by atoms with Crippen LogP contribution in [0.3, 0.4) is 0 Å². The van der Waals surface area contributed by atoms with Crippen LogP contribution in [0.2, 0.25) is 0 Å². The highest BCUT2D eigenvalue weighted by Gasteiger charge is 2.07. The zero-order chi connectivity index (χ0) is 13.8. The average Bonchev–Trinajstić information content (AvgIpc) is 3.18. The number of hydrogen-bond donors (Lipinski definition) is 2. The van der Waals surface area contributed by atoms with Crippen molar-refractivity contribution in [2.24, 2.45) is 0 Å². The standard InChI is InChI=1S/C13H12N6O/c20-13(18-8-11-15-3-4-16-11)10-1-2-12(17-7-10)19-6-5-14-9-19/h1-7,9H,8H2,(H,15,16)(H,18,20). The summed E-state index contributed by atoms with van der Waals surface area (Å²) in [5.41, 5.74) is 0.500. The van der Waals surface area contributed by atoms with E-state index in [1.54, 1.807) is 47.8 Å². The molecule has 0 aromatic carbocycles. The fraction of sp³-hybridized carbons (Fsp3) is 0.0769. The lowest BCUT2D eigenvalue weighted by molar-refractivity contribution is 0.0949. The minimum Gasteiger partial charge on any atom is -0.347 e. The van der Waals surface area contributed by atoms with Crippen LogP contribution in [0.1, 0.15) is 16.2 Å². The van der Waals surface area contributed by atoms with E-state index >= 15 is 0 Å². The first-order chi connectivity index (χ1) is 9.83. The van der Waals surface area contributed by atoms with E-state index in [1.807, 2.05) is 0 Å². The van der Waals surface area contributed by atoms with Crippen LogP contribution < -0.4 is 5.32 Å². The summed E-state index contributed by atoms with van der Waals surface area (Å²) in [7, 11) is 0. The molecule has 0 atom stereocenters. The summed E-state index contributed by atoms with van der Waals surface area (Å²) < 4.78 is 1.77. The summed E-state index contributed by atoms with van der Waals surface area (Å²) in [5.74, 6) is 1.23. The molecule has 1 amide bonds. The summed E-state index contributed by atoms with van der Waals surface area (Å²) in [6.45, 7) is 0.356. The van der Waals surface area contributed by atoms with Crippen LogP contribution in [0, 0.1) is 0 Å². The van der Waals surface area contributed by atoms with Gasteiger partial charge in [-0.1, -0.05) is 0 Å². The van der Waals surface area contributed by atoms with Gasteiger partial charge in [0.15, 0.2) is 0 Å². The molecule has 2 N–H and O–H groups in total. The number of aromatic nitrogens is 5. The summed E-state index contributed by atoms with van der Waals surface area (Å²) in [5, 5.41) is 2.76. The van der Waals surface area contributed by atoms with E-state index in [1.165, 1.54) is 6.20 Å². The Bertz CT molecular complexity index is 672. The van der Waals surface area contributed by atoms with E-state index in [0.29, 0.717) is 23.8 Å². The lowest BCUT2D eigenvalue weighted by Crippen LogP contribution is -2.23. The Morgan fingerprint density at radius 3 is 2.90 bits per heavy atom. The molecule has 0 unspecified atom stereocenters. The molecule has 7 heteroatoms. The van der Waals surface area contributed by atoms with Gasteiger partial charge in [0, 0.05) is 31.0 Å². The minimum absolute atomic E-state index is 0.189. The predicted molar refractivity (Wildman–Crippen MR) is 71.1 cm³/mol. The molecule has 3 aromatic rings. The third kappa shape index (κ3) is 2.56. The molecule has 0 fully saturated rings. The third-order valence-electron chi connectivity index (χ3n) is 2.75. The fourth-order valence-electron chi connectivity index (χ4n) is 1.73. The molecule has 0 spiro atoms. The van der Waals surface area contributed by atoms with Crippen molar-refractivity contribution in [3.05, 3.63) is 60.8 Å². The van der Waals surface area contributed by atoms with Gasteiger partial charge < -0.3 is 10.3 Å². The van der Waals surface area contributed by atoms with Gasteiger partial charge in [-0.05, 0) is 12.1 Å². The Kier molecular flexibility index (Phi) is 3.24. The molecular formula is C13H12N6O. The van der Waals surface area contributed by atoms with Crippen molar-refractivity contribution in [3.8, 4) is 5.82 Å². The van der Waals surface area contributed by atoms with Crippen LogP contribution in [0.15, 0.2) is 49.4 Å². The van der Waals surface area contributed by atoms with Gasteiger partial charge in [0.05, 0.1) is 12.1 Å². The molecular weight excluding hydrogens is 256 g/mol. The van der Waals surface area contributed by atoms with Crippen molar-refractivity contribution in [1.82, 2.24) is 29.8 Å². The SMILES string of the molecule is O=C(NCc1ncc[nH]1)c1ccc(-n2ccnc2)nc1. The summed E-state index contributed by atoms with van der Waals surface area (Å²) in [4.78, 5) is 27.1. The number of imidazole rings is 2. The van der Waals surface area contributed by atoms with Gasteiger partial charge in [-0.15, -0.1) is 0 Å². The lowest BCUT2D eigenvalue weighted by atomic mass is 10.2. The monoisotopic (exact) mass is 268 g/mol. The maximum atomic E-state index is 11.9. The number of carbonyl (C=O) groups is 1. The molecule has 20 heavy (non-hydrogen) atoms. The van der Waals surface area contributed by atoms with Gasteiger partial charge in [0.2, 0.25) is 0 Å². The number of carbonyl (C=O) groups excluding carboxylic acids is 1. The number of H-pyrrole nitrogens is 1. The maximum Gasteiger partial charge on any atom is 0.253 e. The Morgan fingerprint density at radius 2 is 2.25 bits per heavy atom. The first-order valence-corrected chi connectivity index (χ1v) is 6.04. The molecule has 7 nitrogen and oxygen atoms in total. The normalized spacial score (nSPS) is 10.4. The smallest absolute Gasteiger partial charge is 0.253 e. The molecule has 0 saturated carbocycles. The van der Waals surface area contributed by atoms with Crippen molar-refractivity contribution in [2.75, 3.05) is 0 Å². The van der Waals surface area contributed by atoms with Crippen molar-refractivity contribution in [2.45, 2.75) is 6.54 Å². The van der Waals surface area contributed by atoms with Gasteiger partial charge in [0.1, 0.15) is 18.0 Å². The van der Waals surface area contributed by atoms with E-state index < -0.39 is 0 Å². The van der Waals surface area contributed by atoms with Crippen molar-refractivity contribution in [3.63, 3.8) is 0 Å². The third-order valence-corrected chi connectivity index (χ3v) is 2.75. The second-order valence-corrected chi connectivity index (χ2v) is 4.09. The molecule has 3 aromatic heterocycles.